The van der Waals surface area contributed by atoms with Crippen LogP contribution in [0.15, 0.2) is 48.5 Å². The first-order valence-corrected chi connectivity index (χ1v) is 8.51. The summed E-state index contributed by atoms with van der Waals surface area (Å²) in [4.78, 5) is 34.4. The maximum atomic E-state index is 12.1. The minimum Gasteiger partial charge on any atom is -0.481 e. The number of aliphatic carboxylic acids is 2. The summed E-state index contributed by atoms with van der Waals surface area (Å²) < 4.78 is 11.8. The summed E-state index contributed by atoms with van der Waals surface area (Å²) in [7, 11) is 0. The van der Waals surface area contributed by atoms with E-state index in [-0.39, 0.29) is 25.4 Å². The predicted octanol–water partition coefficient (Wildman–Crippen LogP) is 2.84. The molecule has 0 radical (unpaired) electrons. The van der Waals surface area contributed by atoms with Crippen LogP contribution in [0.4, 0.5) is 4.79 Å². The van der Waals surface area contributed by atoms with Crippen molar-refractivity contribution in [2.24, 2.45) is 0 Å². The number of carboxylic acids is 2. The Morgan fingerprint density at radius 1 is 1.07 bits per heavy atom. The maximum Gasteiger partial charge on any atom is 0.407 e. The summed E-state index contributed by atoms with van der Waals surface area (Å²) >= 11 is 0. The number of benzene rings is 2. The fourth-order valence-corrected chi connectivity index (χ4v) is 3.30. The van der Waals surface area contributed by atoms with Gasteiger partial charge in [-0.05, 0) is 28.7 Å². The molecule has 0 heterocycles. The maximum absolute atomic E-state index is 12.1. The number of hydrogen-bond donors (Lipinski definition) is 3. The van der Waals surface area contributed by atoms with Crippen molar-refractivity contribution < 1.29 is 29.3 Å². The summed E-state index contributed by atoms with van der Waals surface area (Å²) in [5, 5.41) is 15.2. The highest BCUT2D eigenvalue weighted by molar-refractivity contribution is 5.81. The van der Waals surface area contributed by atoms with Gasteiger partial charge in [-0.1, -0.05) is 48.5 Å². The largest absolute Gasteiger partial charge is 0.481 e. The standard InChI is InChI=1S/C20H19NO6/c22-18(23)10-9-17(19(24)25)21-20(26)27-11-16-14-7-3-1-5-12(14)13-6-2-4-8-15(13)16/h1-8,16-17H,9-11H2,(H,21,26)(H,22,23)(H,24,25)/t17-/m1/s1/i/hD. The zero-order chi connectivity index (χ0) is 20.1. The zero-order valence-electron chi connectivity index (χ0n) is 15.4. The van der Waals surface area contributed by atoms with E-state index in [9.17, 15) is 19.5 Å². The Morgan fingerprint density at radius 2 is 1.67 bits per heavy atom. The van der Waals surface area contributed by atoms with Gasteiger partial charge in [-0.25, -0.2) is 9.59 Å². The van der Waals surface area contributed by atoms with Crippen molar-refractivity contribution in [1.82, 2.24) is 5.32 Å². The lowest BCUT2D eigenvalue weighted by Crippen LogP contribution is -2.41. The number of ether oxygens (including phenoxy) is 1. The van der Waals surface area contributed by atoms with Crippen LogP contribution in [0.3, 0.4) is 0 Å². The van der Waals surface area contributed by atoms with Gasteiger partial charge in [0.15, 0.2) is 0 Å². The van der Waals surface area contributed by atoms with Gasteiger partial charge < -0.3 is 20.3 Å². The van der Waals surface area contributed by atoms with Gasteiger partial charge >= 0.3 is 18.0 Å². The first kappa shape index (κ1) is 17.1. The van der Waals surface area contributed by atoms with Crippen molar-refractivity contribution in [2.75, 3.05) is 6.61 Å². The molecule has 140 valence electrons. The SMILES string of the molecule is [2H]OC(=O)CC[C@@H](NC(=O)OCC1c2ccccc2-c2ccccc21)C(=O)O. The lowest BCUT2D eigenvalue weighted by Gasteiger charge is -2.17. The highest BCUT2D eigenvalue weighted by Crippen LogP contribution is 2.44. The summed E-state index contributed by atoms with van der Waals surface area (Å²) in [6.07, 6.45) is -1.38. The van der Waals surface area contributed by atoms with Gasteiger partial charge in [0.25, 0.3) is 1.43 Å². The number of carboxylic acid groups (broad SMARTS) is 2. The molecule has 0 saturated carbocycles. The highest BCUT2D eigenvalue weighted by atomic mass is 16.5. The van der Waals surface area contributed by atoms with Crippen LogP contribution in [-0.4, -0.2) is 40.9 Å². The van der Waals surface area contributed by atoms with Gasteiger partial charge in [-0.3, -0.25) is 4.79 Å². The molecule has 0 aromatic heterocycles. The van der Waals surface area contributed by atoms with E-state index in [1.807, 2.05) is 48.5 Å². The fourth-order valence-electron chi connectivity index (χ4n) is 3.30. The summed E-state index contributed by atoms with van der Waals surface area (Å²) in [6.45, 7) is 0.0565. The second-order valence-corrected chi connectivity index (χ2v) is 6.27. The van der Waals surface area contributed by atoms with E-state index in [0.717, 1.165) is 22.3 Å². The van der Waals surface area contributed by atoms with Crippen molar-refractivity contribution in [3.63, 3.8) is 0 Å². The van der Waals surface area contributed by atoms with Crippen molar-refractivity contribution >= 4 is 18.0 Å². The van der Waals surface area contributed by atoms with Crippen molar-refractivity contribution in [2.45, 2.75) is 24.8 Å². The minimum absolute atomic E-state index is 0.0565. The molecule has 1 aliphatic carbocycles. The molecule has 2 aromatic carbocycles. The number of carbonyl (C=O) groups excluding carboxylic acids is 1. The molecule has 3 N–H and O–H groups in total. The van der Waals surface area contributed by atoms with Crippen LogP contribution in [0.25, 0.3) is 12.6 Å². The van der Waals surface area contributed by atoms with Crippen LogP contribution in [0.2, 0.25) is 0 Å². The number of amides is 1. The van der Waals surface area contributed by atoms with Crippen LogP contribution < -0.4 is 5.32 Å². The molecule has 0 aliphatic heterocycles. The van der Waals surface area contributed by atoms with Gasteiger partial charge in [0.1, 0.15) is 12.6 Å². The molecule has 0 fully saturated rings. The van der Waals surface area contributed by atoms with Crippen molar-refractivity contribution in [1.29, 1.82) is 1.43 Å². The summed E-state index contributed by atoms with van der Waals surface area (Å²) in [5.41, 5.74) is 4.27. The van der Waals surface area contributed by atoms with Gasteiger partial charge in [0, 0.05) is 12.3 Å². The lowest BCUT2D eigenvalue weighted by molar-refractivity contribution is -0.140. The molecule has 7 heteroatoms. The van der Waals surface area contributed by atoms with E-state index in [2.05, 4.69) is 10.4 Å². The van der Waals surface area contributed by atoms with Crippen LogP contribution in [-0.2, 0) is 14.3 Å². The quantitative estimate of drug-likeness (QED) is 0.691. The molecule has 1 atom stereocenters. The highest BCUT2D eigenvalue weighted by Gasteiger charge is 2.29. The molecular formula is C20H19NO6. The van der Waals surface area contributed by atoms with E-state index >= 15 is 0 Å². The number of fused-ring (bicyclic) bond motifs is 3. The van der Waals surface area contributed by atoms with Crippen LogP contribution >= 0.6 is 0 Å². The van der Waals surface area contributed by atoms with E-state index in [0.29, 0.717) is 0 Å². The Hall–Kier alpha value is -3.35. The summed E-state index contributed by atoms with van der Waals surface area (Å²) in [6, 6.07) is 14.4. The van der Waals surface area contributed by atoms with Crippen molar-refractivity contribution in [3.05, 3.63) is 59.7 Å². The third-order valence-electron chi connectivity index (χ3n) is 4.57. The molecule has 2 aromatic rings. The normalized spacial score (nSPS) is 13.7. The molecule has 7 nitrogen and oxygen atoms in total. The van der Waals surface area contributed by atoms with Crippen molar-refractivity contribution in [3.8, 4) is 11.1 Å². The minimum atomic E-state index is -1.31. The monoisotopic (exact) mass is 370 g/mol. The third-order valence-corrected chi connectivity index (χ3v) is 4.57. The molecule has 0 bridgehead atoms. The van der Waals surface area contributed by atoms with Crippen LogP contribution in [0.1, 0.15) is 29.9 Å². The molecule has 0 spiro atoms. The number of hydrogen-bond acceptors (Lipinski definition) is 5. The average molecular weight is 370 g/mol. The smallest absolute Gasteiger partial charge is 0.407 e. The Kier molecular flexibility index (Phi) is 5.00. The van der Waals surface area contributed by atoms with E-state index < -0.39 is 24.1 Å². The Morgan fingerprint density at radius 3 is 2.22 bits per heavy atom. The first-order chi connectivity index (χ1) is 13.5. The Balaban J connectivity index is 1.64. The van der Waals surface area contributed by atoms with Gasteiger partial charge in [-0.15, -0.1) is 0 Å². The van der Waals surface area contributed by atoms with E-state index in [1.54, 1.807) is 0 Å². The van der Waals surface area contributed by atoms with Gasteiger partial charge in [-0.2, -0.15) is 0 Å². The number of rotatable bonds is 7. The van der Waals surface area contributed by atoms with Crippen LogP contribution in [0, 0.1) is 0 Å². The number of alkyl carbamates (subject to hydrolysis) is 1. The first-order valence-electron chi connectivity index (χ1n) is 8.92. The second-order valence-electron chi connectivity index (χ2n) is 6.27. The van der Waals surface area contributed by atoms with E-state index in [1.165, 1.54) is 0 Å². The topological polar surface area (TPSA) is 113 Å². The fraction of sp³-hybridized carbons (Fsp3) is 0.250. The van der Waals surface area contributed by atoms with Gasteiger partial charge in [0.05, 0.1) is 0 Å². The molecule has 1 aliphatic rings. The Bertz CT molecular complexity index is 854. The average Bonchev–Trinajstić information content (AvgIpc) is 3.03. The zero-order valence-corrected chi connectivity index (χ0v) is 14.4. The Labute approximate surface area is 157 Å². The molecule has 0 saturated heterocycles. The molecule has 0 unspecified atom stereocenters. The molecule has 27 heavy (non-hydrogen) atoms. The molecule has 3 rings (SSSR count). The second kappa shape index (κ2) is 7.90. The number of carbonyl (C=O) groups is 3. The van der Waals surface area contributed by atoms with E-state index in [4.69, 9.17) is 6.17 Å². The lowest BCUT2D eigenvalue weighted by atomic mass is 9.98. The third kappa shape index (κ3) is 4.08. The van der Waals surface area contributed by atoms with Gasteiger partial charge in [0.2, 0.25) is 0 Å². The van der Waals surface area contributed by atoms with Crippen LogP contribution in [0.5, 0.6) is 0 Å². The number of nitrogens with one attached hydrogen (secondary N) is 1. The summed E-state index contributed by atoms with van der Waals surface area (Å²) in [5.74, 6) is -2.31. The molecular weight excluding hydrogens is 350 g/mol. The molecule has 1 amide bonds. The predicted molar refractivity (Wildman–Crippen MR) is 96.5 cm³/mol.